The van der Waals surface area contributed by atoms with Crippen LogP contribution < -0.4 is 0 Å². The summed E-state index contributed by atoms with van der Waals surface area (Å²) in [5, 5.41) is 4.80. The number of amides is 1. The molecule has 0 spiro atoms. The third-order valence-electron chi connectivity index (χ3n) is 5.29. The van der Waals surface area contributed by atoms with Gasteiger partial charge in [-0.15, -0.1) is 0 Å². The maximum Gasteiger partial charge on any atom is 0.253 e. The molecule has 29 heavy (non-hydrogen) atoms. The normalized spacial score (nSPS) is 14.9. The van der Waals surface area contributed by atoms with Crippen molar-refractivity contribution in [3.8, 4) is 11.4 Å². The van der Waals surface area contributed by atoms with Gasteiger partial charge in [-0.25, -0.2) is 4.68 Å². The predicted octanol–water partition coefficient (Wildman–Crippen LogP) is 3.52. The van der Waals surface area contributed by atoms with Crippen molar-refractivity contribution < 1.29 is 4.79 Å². The Balaban J connectivity index is 1.44. The number of piperazine rings is 1. The average molecular weight is 408 g/mol. The quantitative estimate of drug-likeness (QED) is 0.607. The second kappa shape index (κ2) is 8.71. The lowest BCUT2D eigenvalue weighted by molar-refractivity contribution is 0.0585. The number of hydrogen-bond acceptors (Lipinski definition) is 4. The largest absolute Gasteiger partial charge is 0.336 e. The van der Waals surface area contributed by atoms with Crippen LogP contribution in [0.4, 0.5) is 0 Å². The van der Waals surface area contributed by atoms with Gasteiger partial charge < -0.3 is 9.47 Å². The van der Waals surface area contributed by atoms with E-state index >= 15 is 0 Å². The molecular weight excluding hydrogens is 382 g/mol. The van der Waals surface area contributed by atoms with Gasteiger partial charge in [-0.3, -0.25) is 9.69 Å². The molecule has 6 nitrogen and oxygen atoms in total. The highest BCUT2D eigenvalue weighted by molar-refractivity contribution is 7.71. The molecule has 1 saturated heterocycles. The summed E-state index contributed by atoms with van der Waals surface area (Å²) in [6.07, 6.45) is 0. The lowest BCUT2D eigenvalue weighted by Gasteiger charge is -2.34. The summed E-state index contributed by atoms with van der Waals surface area (Å²) in [5.74, 6) is 1.000. The number of rotatable bonds is 5. The lowest BCUT2D eigenvalue weighted by atomic mass is 10.2. The fourth-order valence-electron chi connectivity index (χ4n) is 3.66. The number of aromatic nitrogens is 3. The Kier molecular flexibility index (Phi) is 5.87. The number of carbonyl (C=O) groups excluding carboxylic acids is 1. The molecule has 1 aromatic heterocycles. The van der Waals surface area contributed by atoms with Gasteiger partial charge in [0.1, 0.15) is 0 Å². The zero-order valence-corrected chi connectivity index (χ0v) is 17.4. The van der Waals surface area contributed by atoms with Crippen LogP contribution in [0, 0.1) is 4.77 Å². The van der Waals surface area contributed by atoms with Crippen LogP contribution in [-0.2, 0) is 13.2 Å². The Morgan fingerprint density at radius 3 is 2.21 bits per heavy atom. The minimum Gasteiger partial charge on any atom is -0.336 e. The Bertz CT molecular complexity index is 1020. The predicted molar refractivity (Wildman–Crippen MR) is 116 cm³/mol. The maximum absolute atomic E-state index is 12.6. The van der Waals surface area contributed by atoms with E-state index in [1.54, 1.807) is 0 Å². The van der Waals surface area contributed by atoms with Crippen LogP contribution in [0.25, 0.3) is 11.4 Å². The smallest absolute Gasteiger partial charge is 0.253 e. The first kappa shape index (κ1) is 19.5. The van der Waals surface area contributed by atoms with Crippen LogP contribution in [0.15, 0.2) is 60.7 Å². The second-order valence-corrected chi connectivity index (χ2v) is 7.50. The molecule has 3 aromatic rings. The Hall–Kier alpha value is -2.77. The Morgan fingerprint density at radius 1 is 0.966 bits per heavy atom. The van der Waals surface area contributed by atoms with Crippen LogP contribution in [0.3, 0.4) is 0 Å². The zero-order chi connectivity index (χ0) is 20.2. The third kappa shape index (κ3) is 4.16. The van der Waals surface area contributed by atoms with Gasteiger partial charge in [0, 0.05) is 43.9 Å². The molecule has 0 unspecified atom stereocenters. The van der Waals surface area contributed by atoms with Crippen LogP contribution in [0.2, 0.25) is 0 Å². The molecular formula is C22H25N5OS. The van der Waals surface area contributed by atoms with Crippen LogP contribution >= 0.6 is 12.2 Å². The van der Waals surface area contributed by atoms with Gasteiger partial charge in [-0.1, -0.05) is 48.5 Å². The van der Waals surface area contributed by atoms with E-state index in [1.807, 2.05) is 58.1 Å². The summed E-state index contributed by atoms with van der Waals surface area (Å²) < 4.78 is 4.70. The van der Waals surface area contributed by atoms with Crippen molar-refractivity contribution in [1.82, 2.24) is 24.1 Å². The van der Waals surface area contributed by atoms with Crippen LogP contribution in [0.1, 0.15) is 17.3 Å². The van der Waals surface area contributed by atoms with Gasteiger partial charge in [-0.05, 0) is 31.3 Å². The first-order valence-corrected chi connectivity index (χ1v) is 10.4. The van der Waals surface area contributed by atoms with Crippen molar-refractivity contribution in [2.75, 3.05) is 26.2 Å². The molecule has 0 saturated carbocycles. The molecule has 0 aliphatic carbocycles. The summed E-state index contributed by atoms with van der Waals surface area (Å²) in [6, 6.07) is 19.6. The molecule has 0 atom stereocenters. The number of carbonyl (C=O) groups is 1. The Labute approximate surface area is 176 Å². The SMILES string of the molecule is CCn1c(-c2ccccc2)nn(CN2CCN(C(=O)c3ccccc3)CC2)c1=S. The highest BCUT2D eigenvalue weighted by atomic mass is 32.1. The van der Waals surface area contributed by atoms with Crippen molar-refractivity contribution in [1.29, 1.82) is 0 Å². The van der Waals surface area contributed by atoms with Gasteiger partial charge in [-0.2, -0.15) is 5.10 Å². The molecule has 0 N–H and O–H groups in total. The van der Waals surface area contributed by atoms with Crippen molar-refractivity contribution in [3.63, 3.8) is 0 Å². The molecule has 2 aromatic carbocycles. The van der Waals surface area contributed by atoms with Crippen molar-refractivity contribution in [2.24, 2.45) is 0 Å². The average Bonchev–Trinajstić information content (AvgIpc) is 3.10. The first-order valence-electron chi connectivity index (χ1n) is 9.97. The highest BCUT2D eigenvalue weighted by Crippen LogP contribution is 2.18. The van der Waals surface area contributed by atoms with E-state index in [0.717, 1.165) is 41.4 Å². The van der Waals surface area contributed by atoms with Crippen molar-refractivity contribution in [2.45, 2.75) is 20.1 Å². The van der Waals surface area contributed by atoms with Crippen molar-refractivity contribution >= 4 is 18.1 Å². The molecule has 1 aliphatic heterocycles. The first-order chi connectivity index (χ1) is 14.2. The number of hydrogen-bond donors (Lipinski definition) is 0. The molecule has 1 fully saturated rings. The minimum atomic E-state index is 0.100. The Morgan fingerprint density at radius 2 is 1.59 bits per heavy atom. The standard InChI is InChI=1S/C22H25N5OS/c1-2-26-20(18-9-5-3-6-10-18)23-27(22(26)29)17-24-13-15-25(16-14-24)21(28)19-11-7-4-8-12-19/h3-12H,2,13-17H2,1H3. The van der Waals surface area contributed by atoms with Gasteiger partial charge in [0.2, 0.25) is 0 Å². The van der Waals surface area contributed by atoms with E-state index in [-0.39, 0.29) is 5.91 Å². The molecule has 2 heterocycles. The summed E-state index contributed by atoms with van der Waals surface area (Å²) in [7, 11) is 0. The van der Waals surface area contributed by atoms with Gasteiger partial charge in [0.15, 0.2) is 10.6 Å². The molecule has 150 valence electrons. The van der Waals surface area contributed by atoms with E-state index in [4.69, 9.17) is 17.3 Å². The maximum atomic E-state index is 12.6. The van der Waals surface area contributed by atoms with Crippen LogP contribution in [0.5, 0.6) is 0 Å². The van der Waals surface area contributed by atoms with Gasteiger partial charge in [0.25, 0.3) is 5.91 Å². The summed E-state index contributed by atoms with van der Waals surface area (Å²) >= 11 is 5.68. The van der Waals surface area contributed by atoms with E-state index in [1.165, 1.54) is 0 Å². The lowest BCUT2D eigenvalue weighted by Crippen LogP contribution is -2.49. The highest BCUT2D eigenvalue weighted by Gasteiger charge is 2.23. The van der Waals surface area contributed by atoms with Crippen molar-refractivity contribution in [3.05, 3.63) is 71.0 Å². The second-order valence-electron chi connectivity index (χ2n) is 7.13. The van der Waals surface area contributed by atoms with E-state index < -0.39 is 0 Å². The van der Waals surface area contributed by atoms with E-state index in [9.17, 15) is 4.79 Å². The van der Waals surface area contributed by atoms with Gasteiger partial charge in [0.05, 0.1) is 6.67 Å². The third-order valence-corrected chi connectivity index (χ3v) is 5.72. The monoisotopic (exact) mass is 407 g/mol. The van der Waals surface area contributed by atoms with E-state index in [0.29, 0.717) is 19.8 Å². The van der Waals surface area contributed by atoms with Gasteiger partial charge >= 0.3 is 0 Å². The molecule has 7 heteroatoms. The molecule has 0 radical (unpaired) electrons. The summed E-state index contributed by atoms with van der Waals surface area (Å²) in [5.41, 5.74) is 1.81. The zero-order valence-electron chi connectivity index (χ0n) is 16.6. The van der Waals surface area contributed by atoms with Crippen LogP contribution in [-0.4, -0.2) is 56.2 Å². The molecule has 4 rings (SSSR count). The summed E-state index contributed by atoms with van der Waals surface area (Å²) in [6.45, 7) is 6.53. The number of benzene rings is 2. The molecule has 1 amide bonds. The fourth-order valence-corrected chi connectivity index (χ4v) is 3.98. The summed E-state index contributed by atoms with van der Waals surface area (Å²) in [4.78, 5) is 16.9. The molecule has 0 bridgehead atoms. The number of nitrogens with zero attached hydrogens (tertiary/aromatic N) is 5. The van der Waals surface area contributed by atoms with E-state index in [2.05, 4.69) is 28.5 Å². The minimum absolute atomic E-state index is 0.100. The topological polar surface area (TPSA) is 46.3 Å². The fraction of sp³-hybridized carbons (Fsp3) is 0.318. The molecule has 1 aliphatic rings.